The number of nitrogens with one attached hydrogen (secondary N) is 2. The van der Waals surface area contributed by atoms with Crippen LogP contribution in [-0.2, 0) is 6.54 Å². The second-order valence-electron chi connectivity index (χ2n) is 5.84. The Hall–Kier alpha value is -4.01. The van der Waals surface area contributed by atoms with Crippen LogP contribution in [0.3, 0.4) is 0 Å². The van der Waals surface area contributed by atoms with Gasteiger partial charge in [0.25, 0.3) is 5.69 Å². The van der Waals surface area contributed by atoms with Gasteiger partial charge >= 0.3 is 0 Å². The van der Waals surface area contributed by atoms with Crippen molar-refractivity contribution in [1.82, 2.24) is 15.0 Å². The Labute approximate surface area is 153 Å². The van der Waals surface area contributed by atoms with Crippen LogP contribution in [0, 0.1) is 10.1 Å². The summed E-state index contributed by atoms with van der Waals surface area (Å²) in [6.45, 7) is 0.546. The fraction of sp³-hybridized carbons (Fsp3) is 0.0556. The van der Waals surface area contributed by atoms with Gasteiger partial charge in [0.15, 0.2) is 5.82 Å². The lowest BCUT2D eigenvalue weighted by atomic mass is 10.1. The monoisotopic (exact) mass is 362 g/mol. The number of pyridine rings is 1. The molecule has 0 atom stereocenters. The molecule has 0 saturated carbocycles. The lowest BCUT2D eigenvalue weighted by Gasteiger charge is -2.02. The van der Waals surface area contributed by atoms with Crippen LogP contribution in [0.15, 0.2) is 47.6 Å². The summed E-state index contributed by atoms with van der Waals surface area (Å²) in [5, 5.41) is 24.1. The number of allylic oxidation sites excluding steroid dienone is 1. The van der Waals surface area contributed by atoms with E-state index in [4.69, 9.17) is 0 Å². The highest BCUT2D eigenvalue weighted by Crippen LogP contribution is 2.34. The number of anilines is 1. The molecule has 27 heavy (non-hydrogen) atoms. The van der Waals surface area contributed by atoms with Gasteiger partial charge in [-0.2, -0.15) is 4.98 Å². The summed E-state index contributed by atoms with van der Waals surface area (Å²) in [5.41, 5.74) is 2.44. The SMILES string of the molecule is O=[N+]([O-])c1cnc2c(c1)/C(=C/c1[nH]c(NCc3ccccc3)nc1O)C=N2. The molecule has 4 rings (SSSR count). The number of H-pyrrole nitrogens is 1. The largest absolute Gasteiger partial charge is 0.492 e. The molecule has 9 nitrogen and oxygen atoms in total. The molecule has 2 aromatic heterocycles. The molecule has 1 aliphatic heterocycles. The molecule has 1 aliphatic rings. The van der Waals surface area contributed by atoms with Gasteiger partial charge in [0.05, 0.1) is 4.92 Å². The summed E-state index contributed by atoms with van der Waals surface area (Å²) in [6, 6.07) is 11.2. The van der Waals surface area contributed by atoms with E-state index in [1.165, 1.54) is 12.3 Å². The number of rotatable bonds is 5. The lowest BCUT2D eigenvalue weighted by molar-refractivity contribution is -0.385. The summed E-state index contributed by atoms with van der Waals surface area (Å²) >= 11 is 0. The molecule has 9 heteroatoms. The number of nitrogens with zero attached hydrogens (tertiary/aromatic N) is 4. The van der Waals surface area contributed by atoms with E-state index in [1.807, 2.05) is 30.3 Å². The summed E-state index contributed by atoms with van der Waals surface area (Å²) in [4.78, 5) is 25.6. The van der Waals surface area contributed by atoms with Crippen molar-refractivity contribution in [2.45, 2.75) is 6.54 Å². The van der Waals surface area contributed by atoms with Crippen molar-refractivity contribution in [3.63, 3.8) is 0 Å². The van der Waals surface area contributed by atoms with Crippen molar-refractivity contribution in [2.24, 2.45) is 4.99 Å². The highest BCUT2D eigenvalue weighted by atomic mass is 16.6. The lowest BCUT2D eigenvalue weighted by Crippen LogP contribution is -2.00. The average molecular weight is 362 g/mol. The molecule has 3 aromatic rings. The molecule has 3 heterocycles. The van der Waals surface area contributed by atoms with Gasteiger partial charge in [0, 0.05) is 30.0 Å². The molecule has 3 N–H and O–H groups in total. The third-order valence-corrected chi connectivity index (χ3v) is 4.01. The molecule has 0 fully saturated rings. The molecule has 134 valence electrons. The van der Waals surface area contributed by atoms with Crippen LogP contribution < -0.4 is 5.32 Å². The van der Waals surface area contributed by atoms with Crippen LogP contribution in [0.4, 0.5) is 17.5 Å². The van der Waals surface area contributed by atoms with E-state index in [-0.39, 0.29) is 11.6 Å². The highest BCUT2D eigenvalue weighted by Gasteiger charge is 2.19. The van der Waals surface area contributed by atoms with Crippen molar-refractivity contribution < 1.29 is 10.0 Å². The predicted molar refractivity (Wildman–Crippen MR) is 101 cm³/mol. The summed E-state index contributed by atoms with van der Waals surface area (Å²) in [5.74, 6) is 0.627. The van der Waals surface area contributed by atoms with Crippen molar-refractivity contribution in [3.05, 3.63) is 69.5 Å². The third kappa shape index (κ3) is 3.38. The van der Waals surface area contributed by atoms with Crippen LogP contribution >= 0.6 is 0 Å². The van der Waals surface area contributed by atoms with Gasteiger partial charge in [0.2, 0.25) is 11.8 Å². The quantitative estimate of drug-likeness (QED) is 0.472. The fourth-order valence-electron chi connectivity index (χ4n) is 2.68. The third-order valence-electron chi connectivity index (χ3n) is 4.01. The van der Waals surface area contributed by atoms with Crippen molar-refractivity contribution in [1.29, 1.82) is 0 Å². The first kappa shape index (κ1) is 16.5. The number of nitro groups is 1. The molecule has 0 bridgehead atoms. The molecule has 0 radical (unpaired) electrons. The first-order chi connectivity index (χ1) is 13.1. The van der Waals surface area contributed by atoms with Crippen LogP contribution in [-0.4, -0.2) is 31.2 Å². The van der Waals surface area contributed by atoms with E-state index >= 15 is 0 Å². The smallest absolute Gasteiger partial charge is 0.288 e. The standard InChI is InChI=1S/C18H14N6O3/c25-17-15(22-18(23-17)21-8-11-4-2-1-3-5-11)6-12-9-19-16-14(12)7-13(10-20-16)24(26)27/h1-7,9-10,25H,8H2,(H2,21,22,23)/b12-6+. The molecular formula is C18H14N6O3. The van der Waals surface area contributed by atoms with E-state index in [0.29, 0.717) is 35.1 Å². The number of fused-ring (bicyclic) bond motifs is 1. The van der Waals surface area contributed by atoms with E-state index in [0.717, 1.165) is 5.56 Å². The average Bonchev–Trinajstić information content (AvgIpc) is 3.24. The van der Waals surface area contributed by atoms with Gasteiger partial charge in [0.1, 0.15) is 11.9 Å². The van der Waals surface area contributed by atoms with Crippen LogP contribution in [0.5, 0.6) is 5.88 Å². The topological polar surface area (TPSA) is 129 Å². The number of aromatic nitrogens is 3. The number of aromatic hydroxyl groups is 1. The fourth-order valence-corrected chi connectivity index (χ4v) is 2.68. The summed E-state index contributed by atoms with van der Waals surface area (Å²) < 4.78 is 0. The molecule has 0 unspecified atom stereocenters. The predicted octanol–water partition coefficient (Wildman–Crippen LogP) is 3.29. The van der Waals surface area contributed by atoms with E-state index in [9.17, 15) is 15.2 Å². The number of benzene rings is 1. The van der Waals surface area contributed by atoms with E-state index in [1.54, 1.807) is 12.3 Å². The van der Waals surface area contributed by atoms with E-state index < -0.39 is 4.92 Å². The summed E-state index contributed by atoms with van der Waals surface area (Å²) in [7, 11) is 0. The van der Waals surface area contributed by atoms with Crippen LogP contribution in [0.2, 0.25) is 0 Å². The van der Waals surface area contributed by atoms with Gasteiger partial charge in [-0.05, 0) is 11.6 Å². The number of imidazole rings is 1. The minimum Gasteiger partial charge on any atom is -0.492 e. The molecule has 0 spiro atoms. The Kier molecular flexibility index (Phi) is 4.09. The minimum atomic E-state index is -0.511. The maximum atomic E-state index is 11.0. The molecule has 0 amide bonds. The maximum absolute atomic E-state index is 11.0. The zero-order valence-corrected chi connectivity index (χ0v) is 14.0. The Morgan fingerprint density at radius 2 is 2.11 bits per heavy atom. The first-order valence-corrected chi connectivity index (χ1v) is 8.07. The van der Waals surface area contributed by atoms with Gasteiger partial charge in [-0.25, -0.2) is 9.98 Å². The number of hydrogen-bond acceptors (Lipinski definition) is 7. The molecule has 1 aromatic carbocycles. The Morgan fingerprint density at radius 1 is 1.30 bits per heavy atom. The normalized spacial score (nSPS) is 13.7. The van der Waals surface area contributed by atoms with Gasteiger partial charge in [-0.3, -0.25) is 10.1 Å². The molecule has 0 aliphatic carbocycles. The maximum Gasteiger partial charge on any atom is 0.288 e. The Balaban J connectivity index is 1.57. The molecule has 0 saturated heterocycles. The zero-order chi connectivity index (χ0) is 18.8. The van der Waals surface area contributed by atoms with Crippen molar-refractivity contribution in [2.75, 3.05) is 5.32 Å². The number of aromatic amines is 1. The number of hydrogen-bond donors (Lipinski definition) is 3. The van der Waals surface area contributed by atoms with Crippen molar-refractivity contribution >= 4 is 35.3 Å². The van der Waals surface area contributed by atoms with Crippen LogP contribution in [0.25, 0.3) is 11.6 Å². The highest BCUT2D eigenvalue weighted by molar-refractivity contribution is 6.21. The number of aliphatic imine (C=N–C) groups is 1. The minimum absolute atomic E-state index is 0.121. The van der Waals surface area contributed by atoms with E-state index in [2.05, 4.69) is 25.3 Å². The second-order valence-corrected chi connectivity index (χ2v) is 5.84. The van der Waals surface area contributed by atoms with Crippen molar-refractivity contribution in [3.8, 4) is 5.88 Å². The first-order valence-electron chi connectivity index (χ1n) is 8.07. The molecular weight excluding hydrogens is 348 g/mol. The second kappa shape index (κ2) is 6.71. The Bertz CT molecular complexity index is 1070. The zero-order valence-electron chi connectivity index (χ0n) is 14.0. The van der Waals surface area contributed by atoms with Gasteiger partial charge in [-0.15, -0.1) is 0 Å². The summed E-state index contributed by atoms with van der Waals surface area (Å²) in [6.07, 6.45) is 4.33. The Morgan fingerprint density at radius 3 is 2.89 bits per heavy atom. The van der Waals surface area contributed by atoms with Gasteiger partial charge < -0.3 is 15.4 Å². The van der Waals surface area contributed by atoms with Gasteiger partial charge in [-0.1, -0.05) is 30.3 Å². The van der Waals surface area contributed by atoms with Crippen LogP contribution in [0.1, 0.15) is 16.8 Å².